The lowest BCUT2D eigenvalue weighted by Gasteiger charge is -2.45. The Morgan fingerprint density at radius 2 is 1.68 bits per heavy atom. The van der Waals surface area contributed by atoms with E-state index in [0.717, 1.165) is 59.8 Å². The number of nitrogens with zero attached hydrogens (tertiary/aromatic N) is 3. The van der Waals surface area contributed by atoms with Crippen molar-refractivity contribution in [1.82, 2.24) is 19.4 Å². The molecule has 2 aromatic heterocycles. The van der Waals surface area contributed by atoms with Crippen LogP contribution in [0.4, 0.5) is 0 Å². The van der Waals surface area contributed by atoms with E-state index in [1.54, 1.807) is 0 Å². The predicted molar refractivity (Wildman–Crippen MR) is 160 cm³/mol. The van der Waals surface area contributed by atoms with Crippen LogP contribution in [0.3, 0.4) is 0 Å². The summed E-state index contributed by atoms with van der Waals surface area (Å²) < 4.78 is 4.12. The molecule has 2 amide bonds. The molecule has 0 unspecified atom stereocenters. The molecule has 0 saturated heterocycles. The van der Waals surface area contributed by atoms with Crippen molar-refractivity contribution in [3.05, 3.63) is 89.4 Å². The molecule has 2 aromatic carbocycles. The summed E-state index contributed by atoms with van der Waals surface area (Å²) in [6.45, 7) is 9.22. The number of rotatable bonds is 6. The third-order valence-corrected chi connectivity index (χ3v) is 9.18. The number of aryl methyl sites for hydroxylation is 2. The van der Waals surface area contributed by atoms with E-state index >= 15 is 0 Å². The Morgan fingerprint density at radius 1 is 1.00 bits per heavy atom. The van der Waals surface area contributed by atoms with Crippen molar-refractivity contribution in [3.63, 3.8) is 0 Å². The number of fused-ring (bicyclic) bond motifs is 3. The second-order valence-corrected chi connectivity index (χ2v) is 12.2. The Balaban J connectivity index is 1.47. The Bertz CT molecular complexity index is 1540. The van der Waals surface area contributed by atoms with E-state index in [2.05, 4.69) is 73.1 Å². The van der Waals surface area contributed by atoms with Crippen LogP contribution in [0.25, 0.3) is 16.6 Å². The molecule has 0 bridgehead atoms. The molecule has 208 valence electrons. The molecule has 1 atom stereocenters. The highest BCUT2D eigenvalue weighted by Gasteiger charge is 2.49. The van der Waals surface area contributed by atoms with Gasteiger partial charge in [0.15, 0.2) is 0 Å². The molecule has 6 rings (SSSR count). The van der Waals surface area contributed by atoms with Gasteiger partial charge in [-0.3, -0.25) is 9.59 Å². The summed E-state index contributed by atoms with van der Waals surface area (Å²) in [5.41, 5.74) is 4.88. The van der Waals surface area contributed by atoms with Crippen LogP contribution in [0.15, 0.2) is 67.0 Å². The highest BCUT2D eigenvalue weighted by Crippen LogP contribution is 2.39. The van der Waals surface area contributed by atoms with Crippen molar-refractivity contribution in [2.75, 3.05) is 0 Å². The third-order valence-electron chi connectivity index (χ3n) is 9.18. The van der Waals surface area contributed by atoms with Gasteiger partial charge in [-0.2, -0.15) is 0 Å². The van der Waals surface area contributed by atoms with Crippen LogP contribution in [0.2, 0.25) is 0 Å². The first-order chi connectivity index (χ1) is 19.3. The fourth-order valence-electron chi connectivity index (χ4n) is 6.57. The van der Waals surface area contributed by atoms with Crippen molar-refractivity contribution >= 4 is 22.7 Å². The number of benzene rings is 2. The van der Waals surface area contributed by atoms with Crippen molar-refractivity contribution in [1.29, 1.82) is 0 Å². The zero-order valence-electron chi connectivity index (χ0n) is 24.1. The number of aromatic nitrogens is 2. The van der Waals surface area contributed by atoms with E-state index in [1.165, 1.54) is 5.56 Å². The molecule has 1 fully saturated rings. The van der Waals surface area contributed by atoms with Gasteiger partial charge in [0.2, 0.25) is 5.91 Å². The molecule has 2 aliphatic rings. The minimum Gasteiger partial charge on any atom is -0.351 e. The van der Waals surface area contributed by atoms with Crippen LogP contribution in [-0.2, 0) is 24.3 Å². The van der Waals surface area contributed by atoms with Crippen LogP contribution in [0, 0.1) is 12.8 Å². The zero-order valence-corrected chi connectivity index (χ0v) is 24.1. The van der Waals surface area contributed by atoms with Gasteiger partial charge in [0, 0.05) is 30.4 Å². The summed E-state index contributed by atoms with van der Waals surface area (Å²) in [5.74, 6) is 0.526. The van der Waals surface area contributed by atoms with Crippen molar-refractivity contribution in [2.45, 2.75) is 84.5 Å². The highest BCUT2D eigenvalue weighted by molar-refractivity contribution is 6.09. The van der Waals surface area contributed by atoms with Gasteiger partial charge in [0.05, 0.1) is 17.7 Å². The second-order valence-electron chi connectivity index (χ2n) is 12.2. The van der Waals surface area contributed by atoms with Gasteiger partial charge in [-0.15, -0.1) is 0 Å². The van der Waals surface area contributed by atoms with Gasteiger partial charge in [-0.25, -0.2) is 0 Å². The topological polar surface area (TPSA) is 59.3 Å². The molecule has 6 heteroatoms. The van der Waals surface area contributed by atoms with Crippen LogP contribution in [-0.4, -0.2) is 37.4 Å². The number of nitrogens with one attached hydrogen (secondary N) is 1. The first-order valence-electron chi connectivity index (χ1n) is 14.8. The summed E-state index contributed by atoms with van der Waals surface area (Å²) in [6.07, 6.45) is 9.17. The van der Waals surface area contributed by atoms with Gasteiger partial charge < -0.3 is 19.4 Å². The van der Waals surface area contributed by atoms with E-state index in [4.69, 9.17) is 0 Å². The minimum atomic E-state index is -1.04. The standard InChI is InChI=1S/C34H40N4O2/c1-5-25-11-13-26(14-12-25)21-38-32(39)31-30(36-18-6-7-19-36)28-20-24(3)10-17-29(28)37(31)22-34(38,4)33(40)35-27-15-8-23(2)9-16-27/h6-7,10-14,17-20,23,27H,5,8-9,15-16,21-22H2,1-4H3,(H,35,40)/t23?,27?,34-/m0/s1. The molecule has 1 N–H and O–H groups in total. The maximum atomic E-state index is 14.7. The molecule has 0 spiro atoms. The normalized spacial score (nSPS) is 22.9. The van der Waals surface area contributed by atoms with E-state index in [-0.39, 0.29) is 17.9 Å². The lowest BCUT2D eigenvalue weighted by atomic mass is 9.86. The number of hydrogen-bond donors (Lipinski definition) is 1. The first-order valence-corrected chi connectivity index (χ1v) is 14.8. The summed E-state index contributed by atoms with van der Waals surface area (Å²) in [4.78, 5) is 30.7. The maximum absolute atomic E-state index is 14.7. The largest absolute Gasteiger partial charge is 0.351 e. The van der Waals surface area contributed by atoms with Gasteiger partial charge in [-0.1, -0.05) is 49.7 Å². The average Bonchev–Trinajstić information content (AvgIpc) is 3.58. The monoisotopic (exact) mass is 536 g/mol. The van der Waals surface area contributed by atoms with E-state index < -0.39 is 5.54 Å². The number of carbonyl (C=O) groups is 2. The molecule has 1 aliphatic heterocycles. The molecular weight excluding hydrogens is 496 g/mol. The fourth-order valence-corrected chi connectivity index (χ4v) is 6.57. The molecule has 3 heterocycles. The van der Waals surface area contributed by atoms with Crippen molar-refractivity contribution < 1.29 is 9.59 Å². The quantitative estimate of drug-likeness (QED) is 0.309. The smallest absolute Gasteiger partial charge is 0.273 e. The zero-order chi connectivity index (χ0) is 28.0. The molecule has 1 saturated carbocycles. The Morgan fingerprint density at radius 3 is 2.35 bits per heavy atom. The van der Waals surface area contributed by atoms with E-state index in [1.807, 2.05) is 40.9 Å². The first kappa shape index (κ1) is 26.4. The minimum absolute atomic E-state index is 0.0623. The Kier molecular flexibility index (Phi) is 6.81. The summed E-state index contributed by atoms with van der Waals surface area (Å²) in [6, 6.07) is 18.9. The van der Waals surface area contributed by atoms with Crippen molar-refractivity contribution in [2.24, 2.45) is 5.92 Å². The number of hydrogen-bond acceptors (Lipinski definition) is 2. The van der Waals surface area contributed by atoms with Gasteiger partial charge in [0.1, 0.15) is 11.2 Å². The molecule has 40 heavy (non-hydrogen) atoms. The van der Waals surface area contributed by atoms with Crippen LogP contribution in [0.1, 0.15) is 73.6 Å². The summed E-state index contributed by atoms with van der Waals surface area (Å²) >= 11 is 0. The number of amides is 2. The molecule has 1 aliphatic carbocycles. The summed E-state index contributed by atoms with van der Waals surface area (Å²) in [5, 5.41) is 4.40. The third kappa shape index (κ3) is 4.53. The maximum Gasteiger partial charge on any atom is 0.273 e. The van der Waals surface area contributed by atoms with Gasteiger partial charge in [-0.05, 0) is 87.3 Å². The second kappa shape index (κ2) is 10.3. The average molecular weight is 537 g/mol. The Hall–Kier alpha value is -3.80. The van der Waals surface area contributed by atoms with Crippen LogP contribution in [0.5, 0.6) is 0 Å². The van der Waals surface area contributed by atoms with Gasteiger partial charge in [0.25, 0.3) is 5.91 Å². The predicted octanol–water partition coefficient (Wildman–Crippen LogP) is 6.41. The van der Waals surface area contributed by atoms with E-state index in [9.17, 15) is 9.59 Å². The number of carbonyl (C=O) groups excluding carboxylic acids is 2. The lowest BCUT2D eigenvalue weighted by molar-refractivity contribution is -0.134. The van der Waals surface area contributed by atoms with Crippen LogP contribution < -0.4 is 5.32 Å². The molecular formula is C34H40N4O2. The Labute approximate surface area is 237 Å². The van der Waals surface area contributed by atoms with Crippen LogP contribution >= 0.6 is 0 Å². The molecule has 6 nitrogen and oxygen atoms in total. The van der Waals surface area contributed by atoms with Gasteiger partial charge >= 0.3 is 0 Å². The SMILES string of the molecule is CCc1ccc(CN2C(=O)c3c(-n4cccc4)c4cc(C)ccc4n3C[C@@]2(C)C(=O)NC2CCC(C)CC2)cc1. The van der Waals surface area contributed by atoms with Crippen molar-refractivity contribution in [3.8, 4) is 5.69 Å². The lowest BCUT2D eigenvalue weighted by Crippen LogP contribution is -2.64. The summed E-state index contributed by atoms with van der Waals surface area (Å²) in [7, 11) is 0. The molecule has 4 aromatic rings. The van der Waals surface area contributed by atoms with E-state index in [0.29, 0.717) is 24.7 Å². The highest BCUT2D eigenvalue weighted by atomic mass is 16.2. The molecule has 0 radical (unpaired) electrons. The fraction of sp³-hybridized carbons (Fsp3) is 0.412.